The first-order valence-electron chi connectivity index (χ1n) is 14.1. The molecule has 1 saturated heterocycles. The smallest absolute Gasteiger partial charge is 0.229 e. The maximum absolute atomic E-state index is 13.1. The number of thioether (sulfide) groups is 1. The number of nitrogens with one attached hydrogen (secondary N) is 1. The van der Waals surface area contributed by atoms with Crippen molar-refractivity contribution < 1.29 is 14.3 Å². The number of hydrogen-bond donors (Lipinski definition) is 1. The number of rotatable bonds is 10. The molecule has 1 aliphatic heterocycles. The second-order valence-electron chi connectivity index (χ2n) is 10.9. The van der Waals surface area contributed by atoms with Gasteiger partial charge in [0.25, 0.3) is 0 Å². The standard InChI is InChI=1S/C30H43N5O3S/c1-6-21(3)33-30(34-29(36)24-14-26(15-24)35-11-12-37-18-22(35)4)39-23(5)13-20(2)25-16-31-28(32-17-25)19-38-27-9-7-8-10-27/h6,13,16-17,22-24,26-27H,1,3,7-12,14-15,18-19H2,2,4-5H3,(H,33,34,36)/b20-13+. The number of amides is 1. The van der Waals surface area contributed by atoms with E-state index in [9.17, 15) is 4.79 Å². The van der Waals surface area contributed by atoms with Gasteiger partial charge in [-0.15, -0.1) is 0 Å². The molecule has 1 aromatic heterocycles. The molecule has 0 bridgehead atoms. The van der Waals surface area contributed by atoms with Crippen molar-refractivity contribution in [3.05, 3.63) is 54.8 Å². The average molecular weight is 554 g/mol. The van der Waals surface area contributed by atoms with E-state index in [1.807, 2.05) is 19.3 Å². The number of allylic oxidation sites excluding steroid dienone is 2. The van der Waals surface area contributed by atoms with Crippen LogP contribution in [-0.2, 0) is 20.9 Å². The van der Waals surface area contributed by atoms with E-state index >= 15 is 0 Å². The molecule has 3 fully saturated rings. The maximum atomic E-state index is 13.1. The van der Waals surface area contributed by atoms with Gasteiger partial charge in [0.2, 0.25) is 5.91 Å². The zero-order chi connectivity index (χ0) is 27.8. The molecule has 1 N–H and O–H groups in total. The van der Waals surface area contributed by atoms with Crippen LogP contribution in [0.15, 0.2) is 48.4 Å². The molecule has 2 saturated carbocycles. The third-order valence-electron chi connectivity index (χ3n) is 7.78. The van der Waals surface area contributed by atoms with Crippen molar-refractivity contribution in [1.82, 2.24) is 20.2 Å². The Balaban J connectivity index is 1.30. The molecule has 2 atom stereocenters. The molecule has 1 amide bonds. The van der Waals surface area contributed by atoms with Gasteiger partial charge in [0.1, 0.15) is 6.61 Å². The van der Waals surface area contributed by atoms with E-state index in [2.05, 4.69) is 58.3 Å². The largest absolute Gasteiger partial charge is 0.379 e. The van der Waals surface area contributed by atoms with E-state index in [-0.39, 0.29) is 17.1 Å². The minimum atomic E-state index is -0.00580. The van der Waals surface area contributed by atoms with Gasteiger partial charge in [0.05, 0.1) is 25.0 Å². The number of ether oxygens (including phenoxy) is 2. The van der Waals surface area contributed by atoms with Crippen LogP contribution in [0, 0.1) is 5.92 Å². The summed E-state index contributed by atoms with van der Waals surface area (Å²) in [5.74, 6) is 0.725. The highest BCUT2D eigenvalue weighted by Gasteiger charge is 2.40. The van der Waals surface area contributed by atoms with Crippen molar-refractivity contribution in [2.75, 3.05) is 19.8 Å². The molecular weight excluding hydrogens is 510 g/mol. The van der Waals surface area contributed by atoms with Crippen molar-refractivity contribution in [1.29, 1.82) is 0 Å². The summed E-state index contributed by atoms with van der Waals surface area (Å²) >= 11 is 1.49. The Hall–Kier alpha value is -2.33. The Bertz CT molecular complexity index is 1060. The maximum Gasteiger partial charge on any atom is 0.229 e. The Kier molecular flexibility index (Phi) is 10.9. The fourth-order valence-electron chi connectivity index (χ4n) is 5.36. The van der Waals surface area contributed by atoms with Crippen molar-refractivity contribution in [3.63, 3.8) is 0 Å². The Labute approximate surface area is 237 Å². The predicted octanol–water partition coefficient (Wildman–Crippen LogP) is 5.13. The van der Waals surface area contributed by atoms with Crippen LogP contribution in [0.1, 0.15) is 70.7 Å². The number of morpholine rings is 1. The lowest BCUT2D eigenvalue weighted by molar-refractivity contribution is -0.130. The SMILES string of the molecule is C=CC(=C)/N=C(/NC(=O)C1CC(N2CCOCC2C)C1)SC(C)/C=C(\C)c1cnc(COC2CCCC2)nc1. The van der Waals surface area contributed by atoms with Crippen LogP contribution in [0.25, 0.3) is 5.57 Å². The number of hydrogen-bond acceptors (Lipinski definition) is 8. The zero-order valence-electron chi connectivity index (χ0n) is 23.6. The highest BCUT2D eigenvalue weighted by atomic mass is 32.2. The van der Waals surface area contributed by atoms with E-state index in [0.717, 1.165) is 56.6 Å². The summed E-state index contributed by atoms with van der Waals surface area (Å²) in [5, 5.41) is 3.65. The van der Waals surface area contributed by atoms with Gasteiger partial charge in [-0.3, -0.25) is 9.69 Å². The van der Waals surface area contributed by atoms with Gasteiger partial charge in [0, 0.05) is 47.8 Å². The van der Waals surface area contributed by atoms with Crippen molar-refractivity contribution >= 4 is 28.4 Å². The topological polar surface area (TPSA) is 88.9 Å². The third-order valence-corrected chi connectivity index (χ3v) is 8.70. The molecule has 39 heavy (non-hydrogen) atoms. The summed E-state index contributed by atoms with van der Waals surface area (Å²) in [7, 11) is 0. The summed E-state index contributed by atoms with van der Waals surface area (Å²) in [4.78, 5) is 29.1. The third kappa shape index (κ3) is 8.58. The fourth-order valence-corrected chi connectivity index (χ4v) is 6.31. The monoisotopic (exact) mass is 553 g/mol. The van der Waals surface area contributed by atoms with E-state index < -0.39 is 0 Å². The zero-order valence-corrected chi connectivity index (χ0v) is 24.4. The molecule has 2 aliphatic carbocycles. The summed E-state index contributed by atoms with van der Waals surface area (Å²) in [6.07, 6.45) is 14.3. The van der Waals surface area contributed by atoms with Crippen LogP contribution in [-0.4, -0.2) is 69.1 Å². The Morgan fingerprint density at radius 2 is 2.05 bits per heavy atom. The lowest BCUT2D eigenvalue weighted by Gasteiger charge is -2.46. The van der Waals surface area contributed by atoms with Gasteiger partial charge in [0.15, 0.2) is 11.0 Å². The first-order valence-corrected chi connectivity index (χ1v) is 15.0. The van der Waals surface area contributed by atoms with Crippen LogP contribution < -0.4 is 5.32 Å². The van der Waals surface area contributed by atoms with Gasteiger partial charge in [-0.2, -0.15) is 0 Å². The van der Waals surface area contributed by atoms with Crippen LogP contribution in [0.2, 0.25) is 0 Å². The van der Waals surface area contributed by atoms with Gasteiger partial charge in [-0.05, 0) is 58.1 Å². The molecule has 9 heteroatoms. The van der Waals surface area contributed by atoms with Crippen molar-refractivity contribution in [2.45, 2.75) is 89.3 Å². The lowest BCUT2D eigenvalue weighted by Crippen LogP contribution is -2.56. The van der Waals surface area contributed by atoms with Crippen LogP contribution in [0.3, 0.4) is 0 Å². The highest BCUT2D eigenvalue weighted by molar-refractivity contribution is 8.14. The number of carbonyl (C=O) groups is 1. The molecule has 4 rings (SSSR count). The Morgan fingerprint density at radius 3 is 2.72 bits per heavy atom. The highest BCUT2D eigenvalue weighted by Crippen LogP contribution is 2.34. The summed E-state index contributed by atoms with van der Waals surface area (Å²) < 4.78 is 11.5. The summed E-state index contributed by atoms with van der Waals surface area (Å²) in [6, 6.07) is 0.849. The molecule has 2 heterocycles. The summed E-state index contributed by atoms with van der Waals surface area (Å²) in [5.41, 5.74) is 2.54. The van der Waals surface area contributed by atoms with Crippen LogP contribution >= 0.6 is 11.8 Å². The normalized spacial score (nSPS) is 25.7. The average Bonchev–Trinajstić information content (AvgIpc) is 3.41. The molecule has 212 valence electrons. The molecule has 8 nitrogen and oxygen atoms in total. The molecule has 1 aromatic rings. The van der Waals surface area contributed by atoms with E-state index in [4.69, 9.17) is 9.47 Å². The van der Waals surface area contributed by atoms with Crippen LogP contribution in [0.5, 0.6) is 0 Å². The first kappa shape index (κ1) is 29.6. The number of nitrogens with zero attached hydrogens (tertiary/aromatic N) is 4. The van der Waals surface area contributed by atoms with Crippen LogP contribution in [0.4, 0.5) is 0 Å². The molecule has 0 spiro atoms. The molecular formula is C30H43N5O3S. The first-order chi connectivity index (χ1) is 18.8. The second kappa shape index (κ2) is 14.3. The number of aliphatic imine (C=N–C) groups is 1. The van der Waals surface area contributed by atoms with E-state index in [1.54, 1.807) is 6.08 Å². The van der Waals surface area contributed by atoms with Crippen molar-refractivity contribution in [3.8, 4) is 0 Å². The molecule has 3 aliphatic rings. The summed E-state index contributed by atoms with van der Waals surface area (Å²) in [6.45, 7) is 16.9. The number of amidine groups is 1. The van der Waals surface area contributed by atoms with Crippen molar-refractivity contribution in [2.24, 2.45) is 10.9 Å². The van der Waals surface area contributed by atoms with Gasteiger partial charge >= 0.3 is 0 Å². The lowest BCUT2D eigenvalue weighted by atomic mass is 9.78. The quantitative estimate of drug-likeness (QED) is 0.244. The molecule has 2 unspecified atom stereocenters. The Morgan fingerprint density at radius 1 is 1.33 bits per heavy atom. The van der Waals surface area contributed by atoms with Gasteiger partial charge in [-0.25, -0.2) is 15.0 Å². The predicted molar refractivity (Wildman–Crippen MR) is 158 cm³/mol. The minimum Gasteiger partial charge on any atom is -0.379 e. The molecule has 0 radical (unpaired) electrons. The van der Waals surface area contributed by atoms with Gasteiger partial charge in [-0.1, -0.05) is 43.8 Å². The fraction of sp³-hybridized carbons (Fsp3) is 0.600. The van der Waals surface area contributed by atoms with E-state index in [0.29, 0.717) is 41.5 Å². The van der Waals surface area contributed by atoms with Gasteiger partial charge < -0.3 is 14.8 Å². The minimum absolute atomic E-state index is 0.00580. The number of carbonyl (C=O) groups excluding carboxylic acids is 1. The molecule has 0 aromatic carbocycles. The second-order valence-corrected chi connectivity index (χ2v) is 12.2. The van der Waals surface area contributed by atoms with E-state index in [1.165, 1.54) is 24.6 Å². The number of aromatic nitrogens is 2.